The number of amides is 1. The number of nitrogens with two attached hydrogens (primary N) is 1. The first kappa shape index (κ1) is 17.8. The minimum Gasteiger partial charge on any atom is -0.366 e. The van der Waals surface area contributed by atoms with Crippen molar-refractivity contribution in [2.24, 2.45) is 17.6 Å². The van der Waals surface area contributed by atoms with Crippen molar-refractivity contribution in [1.29, 1.82) is 0 Å². The lowest BCUT2D eigenvalue weighted by molar-refractivity contribution is 0.100. The largest absolute Gasteiger partial charge is 0.366 e. The summed E-state index contributed by atoms with van der Waals surface area (Å²) in [5.74, 6) is 2.54. The second-order valence-electron chi connectivity index (χ2n) is 9.10. The molecule has 4 aliphatic rings. The topological polar surface area (TPSA) is 86.7 Å². The third kappa shape index (κ3) is 2.35. The minimum atomic E-state index is -0.451. The molecule has 2 unspecified atom stereocenters. The van der Waals surface area contributed by atoms with E-state index in [1.165, 1.54) is 12.1 Å². The first-order valence-corrected chi connectivity index (χ1v) is 11.1. The Kier molecular flexibility index (Phi) is 3.42. The van der Waals surface area contributed by atoms with Gasteiger partial charge in [0.1, 0.15) is 11.5 Å². The first-order chi connectivity index (χ1) is 15.6. The second kappa shape index (κ2) is 6.13. The standard InChI is InChI=1S/C26H21N5O/c1-13-3-2-4-21(29-13)23-24(31-22-8-6-16(26(31)30-23)17-12-19(17)22)14-5-7-20-18(11-14)15(25(27)32)9-10-28-20/h2-5,7-11,16-17,19H,6,12H2,1H3,(H2,27,32)/t16?,17-,19?/m0/s1. The van der Waals surface area contributed by atoms with Gasteiger partial charge in [0.2, 0.25) is 5.91 Å². The van der Waals surface area contributed by atoms with E-state index in [1.54, 1.807) is 12.3 Å². The number of fused-ring (bicyclic) bond motifs is 2. The summed E-state index contributed by atoms with van der Waals surface area (Å²) in [4.78, 5) is 26.5. The average Bonchev–Trinajstić information content (AvgIpc) is 3.52. The smallest absolute Gasteiger partial charge is 0.249 e. The molecule has 2 N–H and O–H groups in total. The highest BCUT2D eigenvalue weighted by Gasteiger charge is 2.54. The number of hydrogen-bond acceptors (Lipinski definition) is 4. The molecule has 3 aromatic heterocycles. The van der Waals surface area contributed by atoms with Gasteiger partial charge >= 0.3 is 0 Å². The van der Waals surface area contributed by atoms with E-state index in [9.17, 15) is 4.79 Å². The summed E-state index contributed by atoms with van der Waals surface area (Å²) in [6.07, 6.45) is 6.34. The number of allylic oxidation sites excluding steroid dienone is 2. The zero-order chi connectivity index (χ0) is 21.6. The zero-order valence-electron chi connectivity index (χ0n) is 17.6. The summed E-state index contributed by atoms with van der Waals surface area (Å²) in [6, 6.07) is 13.8. The van der Waals surface area contributed by atoms with E-state index in [4.69, 9.17) is 15.7 Å². The number of benzene rings is 1. The molecule has 2 aliphatic carbocycles. The fraction of sp³-hybridized carbons (Fsp3) is 0.231. The van der Waals surface area contributed by atoms with Gasteiger partial charge in [-0.1, -0.05) is 18.2 Å². The summed E-state index contributed by atoms with van der Waals surface area (Å²) >= 11 is 0. The Balaban J connectivity index is 1.53. The van der Waals surface area contributed by atoms with Crippen LogP contribution in [0, 0.1) is 18.8 Å². The van der Waals surface area contributed by atoms with E-state index in [2.05, 4.69) is 21.7 Å². The zero-order valence-corrected chi connectivity index (χ0v) is 17.6. The Morgan fingerprint density at radius 3 is 2.88 bits per heavy atom. The molecule has 8 rings (SSSR count). The number of aryl methyl sites for hydroxylation is 1. The quantitative estimate of drug-likeness (QED) is 0.528. The van der Waals surface area contributed by atoms with Gasteiger partial charge < -0.3 is 5.73 Å². The number of carbonyl (C=O) groups is 1. The van der Waals surface area contributed by atoms with Gasteiger partial charge in [0, 0.05) is 40.4 Å². The van der Waals surface area contributed by atoms with Crippen LogP contribution < -0.4 is 5.73 Å². The highest BCUT2D eigenvalue weighted by atomic mass is 16.1. The van der Waals surface area contributed by atoms with Gasteiger partial charge in [-0.3, -0.25) is 19.3 Å². The molecule has 0 radical (unpaired) electrons. The van der Waals surface area contributed by atoms with Crippen LogP contribution in [0.25, 0.3) is 39.2 Å². The number of pyridine rings is 2. The van der Waals surface area contributed by atoms with Gasteiger partial charge in [-0.25, -0.2) is 4.98 Å². The van der Waals surface area contributed by atoms with Gasteiger partial charge in [0.15, 0.2) is 0 Å². The molecule has 1 aromatic carbocycles. The van der Waals surface area contributed by atoms with Gasteiger partial charge in [-0.2, -0.15) is 0 Å². The summed E-state index contributed by atoms with van der Waals surface area (Å²) in [6.45, 7) is 2.00. The maximum absolute atomic E-state index is 12.1. The van der Waals surface area contributed by atoms with Crippen molar-refractivity contribution in [3.05, 3.63) is 71.8 Å². The molecule has 1 amide bonds. The summed E-state index contributed by atoms with van der Waals surface area (Å²) < 4.78 is 2.36. The summed E-state index contributed by atoms with van der Waals surface area (Å²) in [7, 11) is 0. The van der Waals surface area contributed by atoms with E-state index in [0.29, 0.717) is 17.4 Å². The van der Waals surface area contributed by atoms with Crippen LogP contribution in [0.1, 0.15) is 40.6 Å². The van der Waals surface area contributed by atoms with Crippen molar-refractivity contribution in [2.75, 3.05) is 0 Å². The first-order valence-electron chi connectivity index (χ1n) is 11.1. The van der Waals surface area contributed by atoms with Gasteiger partial charge in [0.05, 0.1) is 22.5 Å². The molecule has 6 heteroatoms. The number of primary amides is 1. The Hall–Kier alpha value is -3.80. The number of imidazole rings is 1. The predicted molar refractivity (Wildman–Crippen MR) is 123 cm³/mol. The van der Waals surface area contributed by atoms with E-state index in [0.717, 1.165) is 57.4 Å². The van der Waals surface area contributed by atoms with Crippen LogP contribution in [0.2, 0.25) is 0 Å². The molecule has 5 heterocycles. The lowest BCUT2D eigenvalue weighted by atomic mass is 9.87. The molecule has 0 spiro atoms. The Labute approximate surface area is 184 Å². The molecule has 6 nitrogen and oxygen atoms in total. The molecule has 32 heavy (non-hydrogen) atoms. The second-order valence-corrected chi connectivity index (χ2v) is 9.10. The summed E-state index contributed by atoms with van der Waals surface area (Å²) in [5.41, 5.74) is 13.0. The van der Waals surface area contributed by atoms with Crippen LogP contribution in [0.15, 0.2) is 54.7 Å². The molecule has 1 saturated carbocycles. The lowest BCUT2D eigenvalue weighted by Gasteiger charge is -2.31. The Morgan fingerprint density at radius 2 is 2.03 bits per heavy atom. The van der Waals surface area contributed by atoms with E-state index in [-0.39, 0.29) is 0 Å². The van der Waals surface area contributed by atoms with Crippen LogP contribution in [-0.2, 0) is 0 Å². The Bertz CT molecular complexity index is 1500. The molecule has 1 fully saturated rings. The molecule has 0 saturated heterocycles. The van der Waals surface area contributed by atoms with Crippen molar-refractivity contribution in [1.82, 2.24) is 19.5 Å². The molecule has 3 atom stereocenters. The molecule has 4 aromatic rings. The van der Waals surface area contributed by atoms with Crippen LogP contribution in [-0.4, -0.2) is 25.4 Å². The molecular weight excluding hydrogens is 398 g/mol. The number of hydrogen-bond donors (Lipinski definition) is 1. The van der Waals surface area contributed by atoms with E-state index < -0.39 is 5.91 Å². The molecule has 156 valence electrons. The minimum absolute atomic E-state index is 0.451. The molecular formula is C26H21N5O. The number of nitrogens with zero attached hydrogens (tertiary/aromatic N) is 4. The fourth-order valence-electron chi connectivity index (χ4n) is 5.70. The highest BCUT2D eigenvalue weighted by molar-refractivity contribution is 6.06. The van der Waals surface area contributed by atoms with Crippen LogP contribution >= 0.6 is 0 Å². The third-order valence-corrected chi connectivity index (χ3v) is 7.22. The van der Waals surface area contributed by atoms with Crippen LogP contribution in [0.4, 0.5) is 0 Å². The predicted octanol–water partition coefficient (Wildman–Crippen LogP) is 4.55. The van der Waals surface area contributed by atoms with Crippen molar-refractivity contribution < 1.29 is 4.79 Å². The fourth-order valence-corrected chi connectivity index (χ4v) is 5.70. The number of aromatic nitrogens is 4. The highest BCUT2D eigenvalue weighted by Crippen LogP contribution is 2.63. The third-order valence-electron chi connectivity index (χ3n) is 7.22. The van der Waals surface area contributed by atoms with Crippen molar-refractivity contribution >= 4 is 22.5 Å². The lowest BCUT2D eigenvalue weighted by Crippen LogP contribution is -2.22. The maximum atomic E-state index is 12.1. The van der Waals surface area contributed by atoms with Crippen molar-refractivity contribution in [2.45, 2.75) is 25.7 Å². The normalized spacial score (nSPS) is 22.4. The van der Waals surface area contributed by atoms with E-state index in [1.807, 2.05) is 37.3 Å². The molecule has 2 aliphatic heterocycles. The van der Waals surface area contributed by atoms with Crippen molar-refractivity contribution in [3.8, 4) is 22.6 Å². The van der Waals surface area contributed by atoms with Gasteiger partial charge in [-0.15, -0.1) is 0 Å². The summed E-state index contributed by atoms with van der Waals surface area (Å²) in [5, 5.41) is 0.760. The Morgan fingerprint density at radius 1 is 1.12 bits per heavy atom. The SMILES string of the molecule is Cc1cccc(-c2nc3n(c2-c2ccc4nccc(C(N)=O)c4c2)C2=CCC3[C@@H]3CC23)n1. The maximum Gasteiger partial charge on any atom is 0.249 e. The van der Waals surface area contributed by atoms with Gasteiger partial charge in [0.25, 0.3) is 0 Å². The van der Waals surface area contributed by atoms with E-state index >= 15 is 0 Å². The van der Waals surface area contributed by atoms with Crippen molar-refractivity contribution in [3.63, 3.8) is 0 Å². The monoisotopic (exact) mass is 419 g/mol. The van der Waals surface area contributed by atoms with Gasteiger partial charge in [-0.05, 0) is 56.0 Å². The molecule has 2 bridgehead atoms. The van der Waals surface area contributed by atoms with Crippen LogP contribution in [0.5, 0.6) is 0 Å². The average molecular weight is 419 g/mol. The number of rotatable bonds is 3. The number of carbonyl (C=O) groups excluding carboxylic acids is 1. The van der Waals surface area contributed by atoms with Crippen LogP contribution in [0.3, 0.4) is 0 Å².